The molecular weight excluding hydrogens is 207 g/mol. The highest BCUT2D eigenvalue weighted by Crippen LogP contribution is 2.13. The number of hydrogen-bond donors (Lipinski definition) is 2. The van der Waals surface area contributed by atoms with E-state index in [4.69, 9.17) is 5.73 Å². The maximum absolute atomic E-state index is 13.4. The first-order chi connectivity index (χ1) is 7.65. The Bertz CT molecular complexity index is 492. The molecular formula is C11H13FN4. The summed E-state index contributed by atoms with van der Waals surface area (Å²) in [5.41, 5.74) is 7.34. The van der Waals surface area contributed by atoms with Gasteiger partial charge in [-0.3, -0.25) is 4.68 Å². The van der Waals surface area contributed by atoms with Crippen molar-refractivity contribution >= 4 is 11.4 Å². The molecule has 0 saturated heterocycles. The van der Waals surface area contributed by atoms with Crippen LogP contribution in [0.5, 0.6) is 0 Å². The van der Waals surface area contributed by atoms with Crippen LogP contribution in [0.15, 0.2) is 30.6 Å². The van der Waals surface area contributed by atoms with E-state index in [1.807, 2.05) is 13.2 Å². The zero-order valence-corrected chi connectivity index (χ0v) is 8.94. The van der Waals surface area contributed by atoms with Crippen LogP contribution in [0.1, 0.15) is 5.56 Å². The van der Waals surface area contributed by atoms with Gasteiger partial charge in [-0.25, -0.2) is 4.39 Å². The van der Waals surface area contributed by atoms with Crippen molar-refractivity contribution < 1.29 is 4.39 Å². The maximum Gasteiger partial charge on any atom is 0.130 e. The summed E-state index contributed by atoms with van der Waals surface area (Å²) in [5.74, 6) is -0.295. The first-order valence-electron chi connectivity index (χ1n) is 4.91. The predicted molar refractivity (Wildman–Crippen MR) is 61.3 cm³/mol. The number of nitrogen functional groups attached to an aromatic ring is 1. The van der Waals surface area contributed by atoms with Crippen LogP contribution in [-0.4, -0.2) is 9.78 Å². The maximum atomic E-state index is 13.4. The number of rotatable bonds is 3. The molecule has 84 valence electrons. The molecule has 0 radical (unpaired) electrons. The molecule has 16 heavy (non-hydrogen) atoms. The third kappa shape index (κ3) is 2.31. The predicted octanol–water partition coefficient (Wildman–Crippen LogP) is 1.75. The van der Waals surface area contributed by atoms with E-state index >= 15 is 0 Å². The minimum absolute atomic E-state index is 0.295. The number of nitrogens with zero attached hydrogens (tertiary/aromatic N) is 2. The monoisotopic (exact) mass is 220 g/mol. The fourth-order valence-corrected chi connectivity index (χ4v) is 1.42. The van der Waals surface area contributed by atoms with Crippen LogP contribution in [0.25, 0.3) is 0 Å². The van der Waals surface area contributed by atoms with Gasteiger partial charge in [0.05, 0.1) is 11.9 Å². The molecule has 1 heterocycles. The first kappa shape index (κ1) is 10.5. The zero-order chi connectivity index (χ0) is 11.5. The van der Waals surface area contributed by atoms with Crippen molar-refractivity contribution in [3.63, 3.8) is 0 Å². The molecule has 0 amide bonds. The molecule has 3 N–H and O–H groups in total. The van der Waals surface area contributed by atoms with E-state index in [0.29, 0.717) is 17.8 Å². The highest BCUT2D eigenvalue weighted by atomic mass is 19.1. The Labute approximate surface area is 92.9 Å². The van der Waals surface area contributed by atoms with Crippen molar-refractivity contribution in [1.82, 2.24) is 9.78 Å². The fraction of sp³-hybridized carbons (Fsp3) is 0.182. The minimum atomic E-state index is -0.295. The molecule has 0 bridgehead atoms. The van der Waals surface area contributed by atoms with Gasteiger partial charge in [0.15, 0.2) is 0 Å². The van der Waals surface area contributed by atoms with Gasteiger partial charge in [0.2, 0.25) is 0 Å². The molecule has 2 aromatic rings. The average Bonchev–Trinajstić information content (AvgIpc) is 2.63. The van der Waals surface area contributed by atoms with Crippen LogP contribution in [0, 0.1) is 5.82 Å². The molecule has 0 aliphatic rings. The molecule has 0 spiro atoms. The molecule has 0 atom stereocenters. The van der Waals surface area contributed by atoms with Crippen molar-refractivity contribution in [1.29, 1.82) is 0 Å². The Morgan fingerprint density at radius 3 is 2.94 bits per heavy atom. The van der Waals surface area contributed by atoms with E-state index in [1.165, 1.54) is 6.07 Å². The number of nitrogens with two attached hydrogens (primary N) is 1. The lowest BCUT2D eigenvalue weighted by atomic mass is 10.2. The second-order valence-corrected chi connectivity index (χ2v) is 3.61. The number of aromatic nitrogens is 2. The Morgan fingerprint density at radius 2 is 2.31 bits per heavy atom. The topological polar surface area (TPSA) is 55.9 Å². The Hall–Kier alpha value is -2.04. The second kappa shape index (κ2) is 4.22. The van der Waals surface area contributed by atoms with Crippen LogP contribution in [0.3, 0.4) is 0 Å². The van der Waals surface area contributed by atoms with Crippen molar-refractivity contribution in [2.24, 2.45) is 7.05 Å². The van der Waals surface area contributed by atoms with E-state index < -0.39 is 0 Å². The van der Waals surface area contributed by atoms with E-state index in [-0.39, 0.29) is 5.82 Å². The summed E-state index contributed by atoms with van der Waals surface area (Å²) in [6.07, 6.45) is 3.52. The SMILES string of the molecule is Cn1cc(NCc2ccc(N)cc2F)cn1. The van der Waals surface area contributed by atoms with Crippen LogP contribution in [0.2, 0.25) is 0 Å². The summed E-state index contributed by atoms with van der Waals surface area (Å²) in [5, 5.41) is 7.08. The Morgan fingerprint density at radius 1 is 1.50 bits per heavy atom. The normalized spacial score (nSPS) is 10.4. The largest absolute Gasteiger partial charge is 0.399 e. The Kier molecular flexibility index (Phi) is 2.76. The molecule has 1 aromatic carbocycles. The smallest absolute Gasteiger partial charge is 0.130 e. The van der Waals surface area contributed by atoms with Crippen molar-refractivity contribution in [2.75, 3.05) is 11.1 Å². The van der Waals surface area contributed by atoms with Gasteiger partial charge in [-0.2, -0.15) is 5.10 Å². The molecule has 0 unspecified atom stereocenters. The fourth-order valence-electron chi connectivity index (χ4n) is 1.42. The van der Waals surface area contributed by atoms with Gasteiger partial charge in [-0.1, -0.05) is 6.07 Å². The van der Waals surface area contributed by atoms with Gasteiger partial charge in [0, 0.05) is 31.0 Å². The zero-order valence-electron chi connectivity index (χ0n) is 8.94. The molecule has 1 aromatic heterocycles. The third-order valence-corrected chi connectivity index (χ3v) is 2.26. The molecule has 5 heteroatoms. The Balaban J connectivity index is 2.04. The molecule has 4 nitrogen and oxygen atoms in total. The summed E-state index contributed by atoms with van der Waals surface area (Å²) in [6.45, 7) is 0.414. The summed E-state index contributed by atoms with van der Waals surface area (Å²) >= 11 is 0. The molecule has 0 saturated carbocycles. The highest BCUT2D eigenvalue weighted by molar-refractivity contribution is 5.43. The number of halogens is 1. The molecule has 2 rings (SSSR count). The summed E-state index contributed by atoms with van der Waals surface area (Å²) in [4.78, 5) is 0. The van der Waals surface area contributed by atoms with Gasteiger partial charge in [0.1, 0.15) is 5.82 Å². The van der Waals surface area contributed by atoms with Crippen LogP contribution < -0.4 is 11.1 Å². The molecule has 0 aliphatic heterocycles. The van der Waals surface area contributed by atoms with Crippen molar-refractivity contribution in [3.8, 4) is 0 Å². The average molecular weight is 220 g/mol. The van der Waals surface area contributed by atoms with Crippen LogP contribution in [-0.2, 0) is 13.6 Å². The van der Waals surface area contributed by atoms with Gasteiger partial charge in [0.25, 0.3) is 0 Å². The standard InChI is InChI=1S/C11H13FN4/c1-16-7-10(6-15-16)14-5-8-2-3-9(13)4-11(8)12/h2-4,6-7,14H,5,13H2,1H3. The first-order valence-corrected chi connectivity index (χ1v) is 4.91. The van der Waals surface area contributed by atoms with E-state index in [2.05, 4.69) is 10.4 Å². The van der Waals surface area contributed by atoms with Crippen LogP contribution in [0.4, 0.5) is 15.8 Å². The summed E-state index contributed by atoms with van der Waals surface area (Å²) in [7, 11) is 1.83. The lowest BCUT2D eigenvalue weighted by Gasteiger charge is -2.05. The lowest BCUT2D eigenvalue weighted by molar-refractivity contribution is 0.613. The highest BCUT2D eigenvalue weighted by Gasteiger charge is 2.02. The van der Waals surface area contributed by atoms with Crippen molar-refractivity contribution in [2.45, 2.75) is 6.54 Å². The lowest BCUT2D eigenvalue weighted by Crippen LogP contribution is -2.01. The second-order valence-electron chi connectivity index (χ2n) is 3.61. The third-order valence-electron chi connectivity index (χ3n) is 2.26. The van der Waals surface area contributed by atoms with Gasteiger partial charge >= 0.3 is 0 Å². The number of hydrogen-bond acceptors (Lipinski definition) is 3. The number of aryl methyl sites for hydroxylation is 1. The van der Waals surface area contributed by atoms with Crippen molar-refractivity contribution in [3.05, 3.63) is 42.0 Å². The minimum Gasteiger partial charge on any atom is -0.399 e. The number of benzene rings is 1. The number of anilines is 2. The number of nitrogens with one attached hydrogen (secondary N) is 1. The molecule has 0 fully saturated rings. The summed E-state index contributed by atoms with van der Waals surface area (Å²) in [6, 6.07) is 4.68. The van der Waals surface area contributed by atoms with E-state index in [1.54, 1.807) is 23.0 Å². The quantitative estimate of drug-likeness (QED) is 0.775. The van der Waals surface area contributed by atoms with E-state index in [0.717, 1.165) is 5.69 Å². The molecule has 0 aliphatic carbocycles. The summed E-state index contributed by atoms with van der Waals surface area (Å²) < 4.78 is 15.1. The van der Waals surface area contributed by atoms with Gasteiger partial charge < -0.3 is 11.1 Å². The van der Waals surface area contributed by atoms with Gasteiger partial charge in [-0.15, -0.1) is 0 Å². The van der Waals surface area contributed by atoms with E-state index in [9.17, 15) is 4.39 Å². The van der Waals surface area contributed by atoms with Gasteiger partial charge in [-0.05, 0) is 12.1 Å². The van der Waals surface area contributed by atoms with Crippen LogP contribution >= 0.6 is 0 Å².